The van der Waals surface area contributed by atoms with Crippen molar-refractivity contribution in [1.82, 2.24) is 4.90 Å². The highest BCUT2D eigenvalue weighted by Gasteiger charge is 2.40. The van der Waals surface area contributed by atoms with E-state index >= 15 is 0 Å². The number of nitrogens with zero attached hydrogens (tertiary/aromatic N) is 1. The van der Waals surface area contributed by atoms with Crippen molar-refractivity contribution in [1.29, 1.82) is 0 Å². The van der Waals surface area contributed by atoms with Gasteiger partial charge in [-0.1, -0.05) is 18.2 Å². The summed E-state index contributed by atoms with van der Waals surface area (Å²) in [6.07, 6.45) is 0.0675. The molecule has 0 aromatic heterocycles. The summed E-state index contributed by atoms with van der Waals surface area (Å²) in [5.41, 5.74) is 1.72. The number of benzene rings is 2. The topological polar surface area (TPSA) is 77.1 Å². The minimum Gasteiger partial charge on any atom is -0.496 e. The van der Waals surface area contributed by atoms with Gasteiger partial charge in [0.25, 0.3) is 11.8 Å². The summed E-state index contributed by atoms with van der Waals surface area (Å²) in [5.74, 6) is 0.467. The lowest BCUT2D eigenvalue weighted by atomic mass is 10.0. The van der Waals surface area contributed by atoms with Crippen LogP contribution in [0.25, 0.3) is 5.57 Å². The molecule has 0 radical (unpaired) electrons. The van der Waals surface area contributed by atoms with E-state index in [0.29, 0.717) is 17.0 Å². The molecule has 0 fully saturated rings. The molecule has 7 heteroatoms. The van der Waals surface area contributed by atoms with Gasteiger partial charge in [0.1, 0.15) is 17.2 Å². The fourth-order valence-electron chi connectivity index (χ4n) is 3.41. The lowest BCUT2D eigenvalue weighted by Gasteiger charge is -2.16. The van der Waals surface area contributed by atoms with Crippen LogP contribution in [0.5, 0.6) is 11.5 Å². The number of carbonyl (C=O) groups excluding carboxylic acids is 2. The number of anilines is 1. The Morgan fingerprint density at radius 3 is 2.22 bits per heavy atom. The van der Waals surface area contributed by atoms with E-state index in [0.717, 1.165) is 5.75 Å². The first-order valence-electron chi connectivity index (χ1n) is 10.7. The van der Waals surface area contributed by atoms with E-state index < -0.39 is 5.91 Å². The van der Waals surface area contributed by atoms with Crippen molar-refractivity contribution in [3.63, 3.8) is 0 Å². The molecule has 1 heterocycles. The number of para-hydroxylation sites is 1. The van der Waals surface area contributed by atoms with E-state index in [9.17, 15) is 9.59 Å². The molecule has 7 nitrogen and oxygen atoms in total. The summed E-state index contributed by atoms with van der Waals surface area (Å²) in [7, 11) is 1.54. The molecule has 32 heavy (non-hydrogen) atoms. The van der Waals surface area contributed by atoms with Crippen LogP contribution in [0.4, 0.5) is 5.69 Å². The average molecular weight is 439 g/mol. The Bertz CT molecular complexity index is 996. The zero-order valence-electron chi connectivity index (χ0n) is 19.2. The summed E-state index contributed by atoms with van der Waals surface area (Å²) in [5, 5.41) is 3.15. The van der Waals surface area contributed by atoms with Gasteiger partial charge in [-0.05, 0) is 58.0 Å². The summed E-state index contributed by atoms with van der Waals surface area (Å²) in [4.78, 5) is 27.8. The van der Waals surface area contributed by atoms with Crippen LogP contribution in [-0.4, -0.2) is 49.2 Å². The summed E-state index contributed by atoms with van der Waals surface area (Å²) < 4.78 is 16.7. The number of hydrogen-bond donors (Lipinski definition) is 1. The maximum atomic E-state index is 13.3. The monoisotopic (exact) mass is 438 g/mol. The molecule has 3 rings (SSSR count). The third-order valence-corrected chi connectivity index (χ3v) is 4.81. The second kappa shape index (κ2) is 10.3. The molecule has 0 saturated carbocycles. The zero-order chi connectivity index (χ0) is 23.3. The molecule has 1 N–H and O–H groups in total. The molecule has 0 atom stereocenters. The molecule has 0 spiro atoms. The molecule has 0 bridgehead atoms. The molecular weight excluding hydrogens is 408 g/mol. The highest BCUT2D eigenvalue weighted by atomic mass is 16.5. The van der Waals surface area contributed by atoms with Crippen LogP contribution in [0.3, 0.4) is 0 Å². The number of amides is 2. The molecular formula is C25H30N2O5. The molecule has 170 valence electrons. The number of rotatable bonds is 10. The van der Waals surface area contributed by atoms with Crippen LogP contribution in [0.2, 0.25) is 0 Å². The van der Waals surface area contributed by atoms with Crippen LogP contribution in [0.15, 0.2) is 54.2 Å². The maximum absolute atomic E-state index is 13.3. The van der Waals surface area contributed by atoms with E-state index in [2.05, 4.69) is 5.32 Å². The second-order valence-electron chi connectivity index (χ2n) is 7.95. The molecule has 2 aromatic rings. The normalized spacial score (nSPS) is 14.0. The molecule has 2 amide bonds. The third-order valence-electron chi connectivity index (χ3n) is 4.81. The second-order valence-corrected chi connectivity index (χ2v) is 7.95. The van der Waals surface area contributed by atoms with Crippen LogP contribution in [0.1, 0.15) is 33.3 Å². The van der Waals surface area contributed by atoms with Gasteiger partial charge in [-0.25, -0.2) is 0 Å². The first-order chi connectivity index (χ1) is 15.3. The first-order valence-corrected chi connectivity index (χ1v) is 10.7. The summed E-state index contributed by atoms with van der Waals surface area (Å²) in [6, 6.07) is 14.4. The van der Waals surface area contributed by atoms with Gasteiger partial charge in [0.15, 0.2) is 0 Å². The van der Waals surface area contributed by atoms with Gasteiger partial charge in [0.2, 0.25) is 0 Å². The predicted molar refractivity (Wildman–Crippen MR) is 124 cm³/mol. The van der Waals surface area contributed by atoms with E-state index in [1.807, 2.05) is 64.1 Å². The molecule has 0 saturated heterocycles. The zero-order valence-corrected chi connectivity index (χ0v) is 19.2. The summed E-state index contributed by atoms with van der Waals surface area (Å²) >= 11 is 0. The number of nitrogens with one attached hydrogen (secondary N) is 1. The Morgan fingerprint density at radius 2 is 1.59 bits per heavy atom. The van der Waals surface area contributed by atoms with Gasteiger partial charge >= 0.3 is 0 Å². The van der Waals surface area contributed by atoms with Gasteiger partial charge in [0.05, 0.1) is 38.0 Å². The SMILES string of the molecule is COc1ccccc1C1=C(Nc2ccc(OC(C)C)cc2)C(=O)N(CCOC(C)C)C1=O. The fourth-order valence-corrected chi connectivity index (χ4v) is 3.41. The standard InChI is InChI=1S/C25H30N2O5/c1-16(2)31-15-14-27-24(28)22(20-8-6-7-9-21(20)30-5)23(25(27)29)26-18-10-12-19(13-11-18)32-17(3)4/h6-13,16-17,26H,14-15H2,1-5H3. The number of hydrogen-bond acceptors (Lipinski definition) is 6. The van der Waals surface area contributed by atoms with Crippen LogP contribution in [0, 0.1) is 0 Å². The number of ether oxygens (including phenoxy) is 3. The van der Waals surface area contributed by atoms with E-state index in [-0.39, 0.29) is 42.5 Å². The van der Waals surface area contributed by atoms with Crippen molar-refractivity contribution >= 4 is 23.1 Å². The van der Waals surface area contributed by atoms with Gasteiger partial charge in [-0.2, -0.15) is 0 Å². The van der Waals surface area contributed by atoms with Crippen molar-refractivity contribution < 1.29 is 23.8 Å². The Balaban J connectivity index is 1.95. The van der Waals surface area contributed by atoms with E-state index in [1.165, 1.54) is 12.0 Å². The third kappa shape index (κ3) is 5.29. The molecule has 1 aliphatic rings. The van der Waals surface area contributed by atoms with Gasteiger partial charge < -0.3 is 19.5 Å². The Labute approximate surface area is 189 Å². The Morgan fingerprint density at radius 1 is 0.906 bits per heavy atom. The van der Waals surface area contributed by atoms with Gasteiger partial charge in [-0.15, -0.1) is 0 Å². The van der Waals surface area contributed by atoms with Gasteiger partial charge in [0, 0.05) is 11.3 Å². The minimum absolute atomic E-state index is 0.00798. The predicted octanol–water partition coefficient (Wildman–Crippen LogP) is 4.10. The van der Waals surface area contributed by atoms with Crippen LogP contribution >= 0.6 is 0 Å². The summed E-state index contributed by atoms with van der Waals surface area (Å²) in [6.45, 7) is 8.16. The van der Waals surface area contributed by atoms with Gasteiger partial charge in [-0.3, -0.25) is 14.5 Å². The number of imide groups is 1. The fraction of sp³-hybridized carbons (Fsp3) is 0.360. The molecule has 0 aliphatic carbocycles. The van der Waals surface area contributed by atoms with Crippen molar-refractivity contribution in [2.75, 3.05) is 25.6 Å². The van der Waals surface area contributed by atoms with E-state index in [4.69, 9.17) is 14.2 Å². The van der Waals surface area contributed by atoms with E-state index in [1.54, 1.807) is 12.1 Å². The van der Waals surface area contributed by atoms with Crippen LogP contribution in [-0.2, 0) is 14.3 Å². The lowest BCUT2D eigenvalue weighted by Crippen LogP contribution is -2.35. The largest absolute Gasteiger partial charge is 0.496 e. The molecule has 2 aromatic carbocycles. The quantitative estimate of drug-likeness (QED) is 0.563. The average Bonchev–Trinajstić information content (AvgIpc) is 2.98. The first kappa shape index (κ1) is 23.3. The van der Waals surface area contributed by atoms with Crippen LogP contribution < -0.4 is 14.8 Å². The number of carbonyl (C=O) groups is 2. The van der Waals surface area contributed by atoms with Crippen molar-refractivity contribution in [3.05, 3.63) is 59.8 Å². The Hall–Kier alpha value is -3.32. The Kier molecular flexibility index (Phi) is 7.53. The van der Waals surface area contributed by atoms with Crippen molar-refractivity contribution in [2.24, 2.45) is 0 Å². The lowest BCUT2D eigenvalue weighted by molar-refractivity contribution is -0.137. The number of methoxy groups -OCH3 is 1. The molecule has 1 aliphatic heterocycles. The van der Waals surface area contributed by atoms with Crippen molar-refractivity contribution in [3.8, 4) is 11.5 Å². The maximum Gasteiger partial charge on any atom is 0.278 e. The minimum atomic E-state index is -0.397. The molecule has 0 unspecified atom stereocenters. The smallest absolute Gasteiger partial charge is 0.278 e. The van der Waals surface area contributed by atoms with Crippen molar-refractivity contribution in [2.45, 2.75) is 39.9 Å². The highest BCUT2D eigenvalue weighted by molar-refractivity contribution is 6.37. The highest BCUT2D eigenvalue weighted by Crippen LogP contribution is 2.35.